The van der Waals surface area contributed by atoms with Crippen LogP contribution in [0, 0.1) is 18.7 Å². The van der Waals surface area contributed by atoms with Crippen LogP contribution in [0.25, 0.3) is 0 Å². The molecular weight excluding hydrogens is 548 g/mol. The van der Waals surface area contributed by atoms with E-state index in [0.717, 1.165) is 6.07 Å². The third kappa shape index (κ3) is 4.91. The maximum absolute atomic E-state index is 16.1. The first-order chi connectivity index (χ1) is 19.1. The summed E-state index contributed by atoms with van der Waals surface area (Å²) in [7, 11) is 0. The zero-order valence-electron chi connectivity index (χ0n) is 23.0. The molecule has 2 aliphatic carbocycles. The van der Waals surface area contributed by atoms with Crippen LogP contribution in [-0.4, -0.2) is 46.3 Å². The molecule has 2 aromatic carbocycles. The molecule has 1 saturated carbocycles. The molecule has 2 aromatic rings. The molecule has 0 spiro atoms. The fourth-order valence-electron chi connectivity index (χ4n) is 7.17. The molecule has 0 aromatic heterocycles. The van der Waals surface area contributed by atoms with Crippen LogP contribution in [-0.2, 0) is 33.5 Å². The number of likely N-dealkylation sites (tertiary alicyclic amines) is 1. The largest absolute Gasteiger partial charge is 0.481 e. The lowest BCUT2D eigenvalue weighted by atomic mass is 9.63. The van der Waals surface area contributed by atoms with E-state index < -0.39 is 58.1 Å². The second-order valence-electron chi connectivity index (χ2n) is 12.2. The Morgan fingerprint density at radius 2 is 1.71 bits per heavy atom. The van der Waals surface area contributed by atoms with Gasteiger partial charge in [0.25, 0.3) is 5.91 Å². The minimum Gasteiger partial charge on any atom is -0.481 e. The molecule has 10 heteroatoms. The number of carboxylic acid groups (broad SMARTS) is 1. The first-order valence-electron chi connectivity index (χ1n) is 14.0. The van der Waals surface area contributed by atoms with Gasteiger partial charge in [-0.3, -0.25) is 9.59 Å². The number of aliphatic carboxylic acids is 1. The predicted molar refractivity (Wildman–Crippen MR) is 139 cm³/mol. The molecule has 3 atom stereocenters. The van der Waals surface area contributed by atoms with E-state index in [0.29, 0.717) is 42.0 Å². The fraction of sp³-hybridized carbons (Fsp3) is 0.548. The summed E-state index contributed by atoms with van der Waals surface area (Å²) in [4.78, 5) is 26.6. The summed E-state index contributed by atoms with van der Waals surface area (Å²) in [5.74, 6) is -2.82. The van der Waals surface area contributed by atoms with Crippen molar-refractivity contribution < 1.29 is 41.0 Å². The topological polar surface area (TPSA) is 57.6 Å². The van der Waals surface area contributed by atoms with E-state index in [-0.39, 0.29) is 45.1 Å². The van der Waals surface area contributed by atoms with Gasteiger partial charge in [0.1, 0.15) is 5.82 Å². The van der Waals surface area contributed by atoms with Crippen molar-refractivity contribution in [2.45, 2.75) is 94.2 Å². The second kappa shape index (κ2) is 10.1. The molecule has 2 fully saturated rings. The van der Waals surface area contributed by atoms with Crippen molar-refractivity contribution in [1.82, 2.24) is 4.90 Å². The van der Waals surface area contributed by atoms with E-state index in [2.05, 4.69) is 0 Å². The van der Waals surface area contributed by atoms with Gasteiger partial charge in [-0.25, -0.2) is 13.2 Å². The maximum Gasteiger partial charge on any atom is 0.426 e. The Bertz CT molecular complexity index is 1360. The van der Waals surface area contributed by atoms with Gasteiger partial charge >= 0.3 is 12.1 Å². The molecule has 1 N–H and O–H groups in total. The number of carbonyl (C=O) groups excluding carboxylic acids is 1. The smallest absolute Gasteiger partial charge is 0.426 e. The van der Waals surface area contributed by atoms with Gasteiger partial charge < -0.3 is 10.0 Å². The second-order valence-corrected chi connectivity index (χ2v) is 12.2. The molecule has 3 aliphatic rings. The molecule has 222 valence electrons. The number of carbonyl (C=O) groups is 2. The average Bonchev–Trinajstić information content (AvgIpc) is 3.28. The van der Waals surface area contributed by atoms with Gasteiger partial charge in [-0.2, -0.15) is 13.2 Å². The highest BCUT2D eigenvalue weighted by Crippen LogP contribution is 2.52. The van der Waals surface area contributed by atoms with E-state index in [1.165, 1.54) is 23.1 Å². The number of fused-ring (bicyclic) bond motifs is 3. The molecule has 1 heterocycles. The van der Waals surface area contributed by atoms with E-state index >= 15 is 4.39 Å². The summed E-state index contributed by atoms with van der Waals surface area (Å²) in [5, 5.41) is 9.30. The van der Waals surface area contributed by atoms with Crippen LogP contribution in [0.4, 0.5) is 26.3 Å². The third-order valence-electron chi connectivity index (χ3n) is 9.74. The number of hydrogen-bond donors (Lipinski definition) is 1. The van der Waals surface area contributed by atoms with Crippen LogP contribution < -0.4 is 0 Å². The van der Waals surface area contributed by atoms with Crippen LogP contribution in [0.2, 0.25) is 0 Å². The number of rotatable bonds is 5. The lowest BCUT2D eigenvalue weighted by Gasteiger charge is -2.45. The van der Waals surface area contributed by atoms with Gasteiger partial charge in [0.15, 0.2) is 5.67 Å². The SMILES string of the molecule is Cc1ccc(CC23CCN(C(=O)C4(F)CCC(C(=O)O)CC4)C2CCc2cc(C(C)(F)C(F)(F)F)ccc23)cc1F. The summed E-state index contributed by atoms with van der Waals surface area (Å²) in [6.07, 6.45) is -4.20. The van der Waals surface area contributed by atoms with Gasteiger partial charge in [0, 0.05) is 18.0 Å². The Labute approximate surface area is 234 Å². The lowest BCUT2D eigenvalue weighted by Crippen LogP contribution is -2.55. The number of aryl methyl sites for hydroxylation is 2. The van der Waals surface area contributed by atoms with Crippen molar-refractivity contribution in [1.29, 1.82) is 0 Å². The zero-order chi connectivity index (χ0) is 30.0. The van der Waals surface area contributed by atoms with Crippen LogP contribution in [0.15, 0.2) is 36.4 Å². The number of hydrogen-bond acceptors (Lipinski definition) is 2. The highest BCUT2D eigenvalue weighted by atomic mass is 19.4. The van der Waals surface area contributed by atoms with Crippen molar-refractivity contribution in [3.63, 3.8) is 0 Å². The van der Waals surface area contributed by atoms with Crippen LogP contribution in [0.5, 0.6) is 0 Å². The molecular formula is C31H33F6NO3. The number of halogens is 6. The number of carboxylic acids is 1. The third-order valence-corrected chi connectivity index (χ3v) is 9.74. The number of alkyl halides is 5. The number of nitrogens with zero attached hydrogens (tertiary/aromatic N) is 1. The normalized spacial score (nSPS) is 29.4. The Morgan fingerprint density at radius 3 is 2.32 bits per heavy atom. The monoisotopic (exact) mass is 581 g/mol. The Morgan fingerprint density at radius 1 is 1.02 bits per heavy atom. The average molecular weight is 582 g/mol. The summed E-state index contributed by atoms with van der Waals surface area (Å²) in [6, 6.07) is 8.15. The summed E-state index contributed by atoms with van der Waals surface area (Å²) in [5.41, 5.74) is -4.84. The van der Waals surface area contributed by atoms with E-state index in [9.17, 15) is 36.6 Å². The molecule has 3 unspecified atom stereocenters. The van der Waals surface area contributed by atoms with E-state index in [1.807, 2.05) is 0 Å². The van der Waals surface area contributed by atoms with Crippen molar-refractivity contribution >= 4 is 11.9 Å². The highest BCUT2D eigenvalue weighted by Gasteiger charge is 2.58. The lowest BCUT2D eigenvalue weighted by molar-refractivity contribution is -0.228. The maximum atomic E-state index is 16.1. The van der Waals surface area contributed by atoms with E-state index in [1.54, 1.807) is 19.1 Å². The predicted octanol–water partition coefficient (Wildman–Crippen LogP) is 6.89. The van der Waals surface area contributed by atoms with E-state index in [4.69, 9.17) is 0 Å². The number of benzene rings is 2. The van der Waals surface area contributed by atoms with Gasteiger partial charge in [-0.05, 0) is 99.1 Å². The van der Waals surface area contributed by atoms with Crippen molar-refractivity contribution in [2.24, 2.45) is 5.92 Å². The quantitative estimate of drug-likeness (QED) is 0.391. The molecule has 1 saturated heterocycles. The van der Waals surface area contributed by atoms with Crippen molar-refractivity contribution in [3.05, 3.63) is 70.0 Å². The first kappa shape index (κ1) is 29.5. The minimum absolute atomic E-state index is 0.0523. The number of amides is 1. The standard InChI is InChI=1S/C31H33F6NO3/c1-18-3-4-19(15-24(18)32)17-29-13-14-38(27(41)30(34)11-9-20(10-12-30)26(39)40)25(29)8-5-21-16-22(6-7-23(21)29)28(2,33)31(35,36)37/h3-4,6-7,15-16,20,25H,5,8-14,17H2,1-2H3,(H,39,40). The van der Waals surface area contributed by atoms with Gasteiger partial charge in [-0.15, -0.1) is 0 Å². The van der Waals surface area contributed by atoms with Crippen LogP contribution in [0.1, 0.15) is 73.3 Å². The Balaban J connectivity index is 1.53. The Kier molecular flexibility index (Phi) is 7.22. The van der Waals surface area contributed by atoms with Crippen molar-refractivity contribution in [2.75, 3.05) is 6.54 Å². The molecule has 1 aliphatic heterocycles. The first-order valence-corrected chi connectivity index (χ1v) is 14.0. The molecule has 0 radical (unpaired) electrons. The zero-order valence-corrected chi connectivity index (χ0v) is 23.0. The van der Waals surface area contributed by atoms with Crippen LogP contribution in [0.3, 0.4) is 0 Å². The van der Waals surface area contributed by atoms with Crippen molar-refractivity contribution in [3.8, 4) is 0 Å². The Hall–Kier alpha value is -3.04. The molecule has 4 nitrogen and oxygen atoms in total. The van der Waals surface area contributed by atoms with Gasteiger partial charge in [0.2, 0.25) is 5.67 Å². The summed E-state index contributed by atoms with van der Waals surface area (Å²) in [6.45, 7) is 2.30. The van der Waals surface area contributed by atoms with Gasteiger partial charge in [-0.1, -0.05) is 30.3 Å². The molecule has 5 rings (SSSR count). The van der Waals surface area contributed by atoms with Gasteiger partial charge in [0.05, 0.1) is 5.92 Å². The van der Waals surface area contributed by atoms with Crippen LogP contribution >= 0.6 is 0 Å². The molecule has 1 amide bonds. The fourth-order valence-corrected chi connectivity index (χ4v) is 7.17. The molecule has 0 bridgehead atoms. The minimum atomic E-state index is -5.11. The summed E-state index contributed by atoms with van der Waals surface area (Å²) >= 11 is 0. The molecule has 41 heavy (non-hydrogen) atoms. The highest BCUT2D eigenvalue weighted by molar-refractivity contribution is 5.86. The summed E-state index contributed by atoms with van der Waals surface area (Å²) < 4.78 is 86.0.